The molecule has 0 bridgehead atoms. The van der Waals surface area contributed by atoms with Crippen LogP contribution in [0, 0.1) is 5.41 Å². The number of rotatable bonds is 2. The van der Waals surface area contributed by atoms with E-state index in [1.165, 1.54) is 5.57 Å². The summed E-state index contributed by atoms with van der Waals surface area (Å²) in [4.78, 5) is 16.5. The van der Waals surface area contributed by atoms with Crippen LogP contribution in [0.3, 0.4) is 0 Å². The number of carbonyl (C=O) groups is 1. The van der Waals surface area contributed by atoms with Gasteiger partial charge in [0.2, 0.25) is 0 Å². The van der Waals surface area contributed by atoms with E-state index >= 15 is 0 Å². The van der Waals surface area contributed by atoms with E-state index in [1.807, 2.05) is 24.3 Å². The number of ketones is 1. The van der Waals surface area contributed by atoms with Crippen LogP contribution < -0.4 is 0 Å². The predicted octanol–water partition coefficient (Wildman–Crippen LogP) is 4.09. The van der Waals surface area contributed by atoms with E-state index < -0.39 is 0 Å². The quantitative estimate of drug-likeness (QED) is 0.818. The predicted molar refractivity (Wildman–Crippen MR) is 81.6 cm³/mol. The molecule has 1 heterocycles. The minimum atomic E-state index is 0.0814. The first-order valence-corrected chi connectivity index (χ1v) is 7.09. The van der Waals surface area contributed by atoms with E-state index in [1.54, 1.807) is 0 Å². The van der Waals surface area contributed by atoms with E-state index in [2.05, 4.69) is 37.0 Å². The van der Waals surface area contributed by atoms with Crippen LogP contribution >= 0.6 is 0 Å². The number of benzene rings is 1. The van der Waals surface area contributed by atoms with Crippen molar-refractivity contribution in [2.75, 3.05) is 0 Å². The molecule has 2 aromatic rings. The lowest BCUT2D eigenvalue weighted by atomic mass is 9.76. The number of pyridine rings is 1. The average molecular weight is 265 g/mol. The zero-order chi connectivity index (χ0) is 14.2. The summed E-state index contributed by atoms with van der Waals surface area (Å²) in [6, 6.07) is 12.3. The Morgan fingerprint density at radius 1 is 1.10 bits per heavy atom. The third-order valence-corrected chi connectivity index (χ3v) is 3.79. The third kappa shape index (κ3) is 2.79. The van der Waals surface area contributed by atoms with Crippen LogP contribution in [-0.4, -0.2) is 10.8 Å². The summed E-state index contributed by atoms with van der Waals surface area (Å²) in [7, 11) is 0. The Kier molecular flexibility index (Phi) is 3.17. The summed E-state index contributed by atoms with van der Waals surface area (Å²) in [6.45, 7) is 4.32. The van der Waals surface area contributed by atoms with Gasteiger partial charge in [0.1, 0.15) is 0 Å². The highest BCUT2D eigenvalue weighted by Gasteiger charge is 2.27. The van der Waals surface area contributed by atoms with Gasteiger partial charge in [-0.1, -0.05) is 43.7 Å². The molecule has 0 unspecified atom stereocenters. The summed E-state index contributed by atoms with van der Waals surface area (Å²) in [5.41, 5.74) is 3.35. The first-order valence-electron chi connectivity index (χ1n) is 7.09. The van der Waals surface area contributed by atoms with E-state index in [0.29, 0.717) is 6.42 Å². The number of nitrogens with zero attached hydrogens (tertiary/aromatic N) is 1. The largest absolute Gasteiger partial charge is 0.295 e. The lowest BCUT2D eigenvalue weighted by Gasteiger charge is -2.28. The molecule has 20 heavy (non-hydrogen) atoms. The summed E-state index contributed by atoms with van der Waals surface area (Å²) in [5, 5.41) is 1.16. The van der Waals surface area contributed by atoms with Crippen LogP contribution in [0.15, 0.2) is 48.0 Å². The lowest BCUT2D eigenvalue weighted by Crippen LogP contribution is -2.22. The van der Waals surface area contributed by atoms with Crippen molar-refractivity contribution in [2.45, 2.75) is 33.1 Å². The minimum absolute atomic E-state index is 0.0814. The Morgan fingerprint density at radius 2 is 1.90 bits per heavy atom. The van der Waals surface area contributed by atoms with Gasteiger partial charge in [-0.25, -0.2) is 0 Å². The van der Waals surface area contributed by atoms with Gasteiger partial charge in [0.15, 0.2) is 5.78 Å². The topological polar surface area (TPSA) is 30.0 Å². The normalized spacial score (nSPS) is 18.1. The van der Waals surface area contributed by atoms with E-state index in [4.69, 9.17) is 0 Å². The molecular weight excluding hydrogens is 246 g/mol. The molecule has 0 aliphatic heterocycles. The van der Waals surface area contributed by atoms with E-state index in [9.17, 15) is 4.79 Å². The number of fused-ring (bicyclic) bond motifs is 1. The molecule has 0 radical (unpaired) electrons. The maximum Gasteiger partial charge on any atom is 0.156 e. The lowest BCUT2D eigenvalue weighted by molar-refractivity contribution is -0.117. The first-order chi connectivity index (χ1) is 9.52. The average Bonchev–Trinajstić information content (AvgIpc) is 2.36. The maximum absolute atomic E-state index is 11.8. The van der Waals surface area contributed by atoms with Crippen molar-refractivity contribution >= 4 is 16.7 Å². The summed E-state index contributed by atoms with van der Waals surface area (Å²) in [6.07, 6.45) is 4.23. The summed E-state index contributed by atoms with van der Waals surface area (Å²) in [5.74, 6) is 0.247. The molecule has 0 spiro atoms. The molecule has 0 saturated heterocycles. The van der Waals surface area contributed by atoms with E-state index in [-0.39, 0.29) is 11.2 Å². The Hall–Kier alpha value is -1.96. The fourth-order valence-corrected chi connectivity index (χ4v) is 3.03. The van der Waals surface area contributed by atoms with Crippen molar-refractivity contribution in [1.82, 2.24) is 4.98 Å². The van der Waals surface area contributed by atoms with Crippen LogP contribution in [0.4, 0.5) is 0 Å². The highest BCUT2D eigenvalue weighted by molar-refractivity contribution is 5.92. The maximum atomic E-state index is 11.8. The van der Waals surface area contributed by atoms with Crippen molar-refractivity contribution < 1.29 is 4.79 Å². The van der Waals surface area contributed by atoms with Crippen molar-refractivity contribution in [2.24, 2.45) is 5.41 Å². The highest BCUT2D eigenvalue weighted by atomic mass is 16.1. The zero-order valence-electron chi connectivity index (χ0n) is 12.0. The smallest absolute Gasteiger partial charge is 0.156 e. The van der Waals surface area contributed by atoms with Gasteiger partial charge in [0.05, 0.1) is 5.52 Å². The standard InChI is InChI=1S/C18H19NO/c1-18(2)11-13(10-16(20)12-18)9-15-8-7-14-5-3-4-6-17(14)19-15/h3-8,10H,9,11-12H2,1-2H3. The molecule has 0 saturated carbocycles. The van der Waals surface area contributed by atoms with Crippen molar-refractivity contribution in [3.63, 3.8) is 0 Å². The first kappa shape index (κ1) is 13.0. The fraction of sp³-hybridized carbons (Fsp3) is 0.333. The van der Waals surface area contributed by atoms with Crippen molar-refractivity contribution in [3.05, 3.63) is 53.7 Å². The van der Waals surface area contributed by atoms with Crippen molar-refractivity contribution in [3.8, 4) is 0 Å². The van der Waals surface area contributed by atoms with Gasteiger partial charge < -0.3 is 0 Å². The number of carbonyl (C=O) groups excluding carboxylic acids is 1. The number of para-hydroxylation sites is 1. The molecule has 1 aromatic heterocycles. The number of aromatic nitrogens is 1. The van der Waals surface area contributed by atoms with Crippen LogP contribution in [-0.2, 0) is 11.2 Å². The van der Waals surface area contributed by atoms with Gasteiger partial charge in [-0.15, -0.1) is 0 Å². The molecule has 2 heteroatoms. The summed E-state index contributed by atoms with van der Waals surface area (Å²) >= 11 is 0. The molecule has 0 amide bonds. The fourth-order valence-electron chi connectivity index (χ4n) is 3.03. The molecule has 2 nitrogen and oxygen atoms in total. The second-order valence-electron chi connectivity index (χ2n) is 6.46. The SMILES string of the molecule is CC1(C)CC(=O)C=C(Cc2ccc3ccccc3n2)C1. The Labute approximate surface area is 119 Å². The van der Waals surface area contributed by atoms with Gasteiger partial charge >= 0.3 is 0 Å². The van der Waals surface area contributed by atoms with Crippen LogP contribution in [0.2, 0.25) is 0 Å². The number of allylic oxidation sites excluding steroid dienone is 2. The molecule has 0 N–H and O–H groups in total. The second-order valence-corrected chi connectivity index (χ2v) is 6.46. The molecule has 0 fully saturated rings. The molecule has 0 atom stereocenters. The zero-order valence-corrected chi connectivity index (χ0v) is 12.0. The van der Waals surface area contributed by atoms with E-state index in [0.717, 1.165) is 29.4 Å². The summed E-state index contributed by atoms with van der Waals surface area (Å²) < 4.78 is 0. The second kappa shape index (κ2) is 4.86. The minimum Gasteiger partial charge on any atom is -0.295 e. The molecule has 1 aliphatic carbocycles. The number of hydrogen-bond acceptors (Lipinski definition) is 2. The highest BCUT2D eigenvalue weighted by Crippen LogP contribution is 2.34. The molecular formula is C18H19NO. The van der Waals surface area contributed by atoms with Gasteiger partial charge in [0, 0.05) is 23.9 Å². The van der Waals surface area contributed by atoms with Gasteiger partial charge in [-0.3, -0.25) is 9.78 Å². The Morgan fingerprint density at radius 3 is 2.70 bits per heavy atom. The van der Waals surface area contributed by atoms with Crippen molar-refractivity contribution in [1.29, 1.82) is 0 Å². The Bertz CT molecular complexity index is 697. The molecule has 1 aliphatic rings. The van der Waals surface area contributed by atoms with Gasteiger partial charge in [0.25, 0.3) is 0 Å². The van der Waals surface area contributed by atoms with Crippen LogP contribution in [0.1, 0.15) is 32.4 Å². The molecule has 102 valence electrons. The molecule has 1 aromatic carbocycles. The van der Waals surface area contributed by atoms with Gasteiger partial charge in [-0.05, 0) is 30.0 Å². The number of hydrogen-bond donors (Lipinski definition) is 0. The monoisotopic (exact) mass is 265 g/mol. The molecule has 3 rings (SSSR count). The van der Waals surface area contributed by atoms with Crippen LogP contribution in [0.5, 0.6) is 0 Å². The van der Waals surface area contributed by atoms with Gasteiger partial charge in [-0.2, -0.15) is 0 Å². The van der Waals surface area contributed by atoms with Crippen LogP contribution in [0.25, 0.3) is 10.9 Å². The Balaban J connectivity index is 1.87. The third-order valence-electron chi connectivity index (χ3n) is 3.79.